The van der Waals surface area contributed by atoms with Crippen molar-refractivity contribution < 1.29 is 4.79 Å². The molecule has 0 bridgehead atoms. The normalized spacial score (nSPS) is 10.5. The maximum Gasteiger partial charge on any atom is 0.211 e. The number of benzene rings is 1. The Balaban J connectivity index is 2.63. The molecule has 1 aromatic carbocycles. The molecule has 0 saturated carbocycles. The second-order valence-corrected chi connectivity index (χ2v) is 5.92. The third-order valence-corrected chi connectivity index (χ3v) is 4.12. The van der Waals surface area contributed by atoms with E-state index in [1.54, 1.807) is 6.07 Å². The predicted molar refractivity (Wildman–Crippen MR) is 88.5 cm³/mol. The van der Waals surface area contributed by atoms with Crippen LogP contribution in [0.5, 0.6) is 0 Å². The highest BCUT2D eigenvalue weighted by Crippen LogP contribution is 2.27. The lowest BCUT2D eigenvalue weighted by molar-refractivity contribution is 0.102. The van der Waals surface area contributed by atoms with Crippen LogP contribution >= 0.6 is 11.6 Å². The molecule has 2 rings (SSSR count). The highest BCUT2D eigenvalue weighted by molar-refractivity contribution is 6.35. The first kappa shape index (κ1) is 16.3. The number of hydrogen-bond acceptors (Lipinski definition) is 2. The van der Waals surface area contributed by atoms with Gasteiger partial charge in [-0.2, -0.15) is 5.26 Å². The van der Waals surface area contributed by atoms with Gasteiger partial charge in [0, 0.05) is 17.8 Å². The lowest BCUT2D eigenvalue weighted by Gasteiger charge is -2.13. The first-order chi connectivity index (χ1) is 10.4. The van der Waals surface area contributed by atoms with E-state index in [0.29, 0.717) is 22.8 Å². The first-order valence-electron chi connectivity index (χ1n) is 7.28. The van der Waals surface area contributed by atoms with E-state index in [9.17, 15) is 4.79 Å². The van der Waals surface area contributed by atoms with Crippen molar-refractivity contribution in [2.75, 3.05) is 0 Å². The number of halogens is 1. The molecule has 4 heteroatoms. The summed E-state index contributed by atoms with van der Waals surface area (Å²) in [5.74, 6) is -0.0777. The van der Waals surface area contributed by atoms with Gasteiger partial charge in [-0.05, 0) is 44.9 Å². The highest BCUT2D eigenvalue weighted by Gasteiger charge is 2.23. The van der Waals surface area contributed by atoms with Gasteiger partial charge in [-0.1, -0.05) is 29.3 Å². The molecule has 22 heavy (non-hydrogen) atoms. The Morgan fingerprint density at radius 2 is 1.82 bits per heavy atom. The van der Waals surface area contributed by atoms with Gasteiger partial charge in [-0.25, -0.2) is 0 Å². The van der Waals surface area contributed by atoms with Gasteiger partial charge in [0.2, 0.25) is 5.78 Å². The van der Waals surface area contributed by atoms with Gasteiger partial charge in [-0.3, -0.25) is 4.79 Å². The zero-order chi connectivity index (χ0) is 16.4. The monoisotopic (exact) mass is 314 g/mol. The molecule has 0 aliphatic carbocycles. The fraction of sp³-hybridized carbons (Fsp3) is 0.333. The van der Waals surface area contributed by atoms with E-state index in [-0.39, 0.29) is 12.2 Å². The number of carbonyl (C=O) groups is 1. The summed E-state index contributed by atoms with van der Waals surface area (Å²) in [5, 5.41) is 9.34. The van der Waals surface area contributed by atoms with Crippen molar-refractivity contribution in [3.8, 4) is 6.07 Å². The number of nitriles is 1. The molecule has 0 fully saturated rings. The van der Waals surface area contributed by atoms with E-state index < -0.39 is 0 Å². The molecular weight excluding hydrogens is 296 g/mol. The molecular formula is C18H19ClN2O. The number of carbonyl (C=O) groups excluding carboxylic acids is 1. The van der Waals surface area contributed by atoms with Crippen LogP contribution < -0.4 is 0 Å². The Hall–Kier alpha value is -2.05. The minimum atomic E-state index is -0.0777. The average molecular weight is 315 g/mol. The van der Waals surface area contributed by atoms with E-state index >= 15 is 0 Å². The molecule has 0 unspecified atom stereocenters. The average Bonchev–Trinajstić information content (AvgIpc) is 2.73. The van der Waals surface area contributed by atoms with Gasteiger partial charge in [-0.15, -0.1) is 0 Å². The zero-order valence-electron chi connectivity index (χ0n) is 13.3. The minimum Gasteiger partial charge on any atom is -0.340 e. The zero-order valence-corrected chi connectivity index (χ0v) is 14.1. The molecule has 0 saturated heterocycles. The molecule has 0 spiro atoms. The van der Waals surface area contributed by atoms with Crippen LogP contribution in [-0.4, -0.2) is 10.4 Å². The second-order valence-electron chi connectivity index (χ2n) is 5.51. The lowest BCUT2D eigenvalue weighted by atomic mass is 9.95. The summed E-state index contributed by atoms with van der Waals surface area (Å²) in [6.07, 6.45) is 0.243. The fourth-order valence-corrected chi connectivity index (χ4v) is 3.36. The van der Waals surface area contributed by atoms with Crippen molar-refractivity contribution in [1.82, 2.24) is 4.57 Å². The summed E-state index contributed by atoms with van der Waals surface area (Å²) in [4.78, 5) is 13.0. The van der Waals surface area contributed by atoms with Crippen LogP contribution in [0, 0.1) is 32.1 Å². The molecule has 3 nitrogen and oxygen atoms in total. The number of aromatic nitrogens is 1. The van der Waals surface area contributed by atoms with E-state index in [1.807, 2.05) is 44.4 Å². The molecule has 0 amide bonds. The molecule has 0 aliphatic rings. The summed E-state index contributed by atoms with van der Waals surface area (Å²) in [7, 11) is 0. The number of rotatable bonds is 4. The fourth-order valence-electron chi connectivity index (χ4n) is 3.04. The third-order valence-electron chi connectivity index (χ3n) is 3.83. The SMILES string of the molecule is CCn1c(CC#N)cc(Cl)c1C(=O)c1c(C)cc(C)cc1C. The van der Waals surface area contributed by atoms with Gasteiger partial charge in [0.1, 0.15) is 5.69 Å². The van der Waals surface area contributed by atoms with Crippen LogP contribution in [0.3, 0.4) is 0 Å². The van der Waals surface area contributed by atoms with Crippen LogP contribution in [0.25, 0.3) is 0 Å². The topological polar surface area (TPSA) is 45.8 Å². The van der Waals surface area contributed by atoms with Crippen molar-refractivity contribution in [2.45, 2.75) is 40.7 Å². The number of hydrogen-bond donors (Lipinski definition) is 0. The van der Waals surface area contributed by atoms with Crippen molar-refractivity contribution in [3.05, 3.63) is 56.9 Å². The van der Waals surface area contributed by atoms with Crippen LogP contribution in [0.4, 0.5) is 0 Å². The molecule has 1 aromatic heterocycles. The van der Waals surface area contributed by atoms with Crippen molar-refractivity contribution >= 4 is 17.4 Å². The Kier molecular flexibility index (Phi) is 4.73. The van der Waals surface area contributed by atoms with Gasteiger partial charge in [0.15, 0.2) is 0 Å². The second kappa shape index (κ2) is 6.37. The van der Waals surface area contributed by atoms with Gasteiger partial charge < -0.3 is 4.57 Å². The first-order valence-corrected chi connectivity index (χ1v) is 7.65. The van der Waals surface area contributed by atoms with Crippen LogP contribution in [0.15, 0.2) is 18.2 Å². The van der Waals surface area contributed by atoms with E-state index in [0.717, 1.165) is 22.4 Å². The number of ketones is 1. The summed E-state index contributed by atoms with van der Waals surface area (Å²) < 4.78 is 1.84. The number of aryl methyl sites for hydroxylation is 3. The molecule has 1 heterocycles. The largest absolute Gasteiger partial charge is 0.340 e. The van der Waals surface area contributed by atoms with E-state index in [2.05, 4.69) is 6.07 Å². The van der Waals surface area contributed by atoms with Crippen LogP contribution in [0.2, 0.25) is 5.02 Å². The quantitative estimate of drug-likeness (QED) is 0.786. The Bertz CT molecular complexity index is 758. The Morgan fingerprint density at radius 3 is 2.32 bits per heavy atom. The molecule has 0 aliphatic heterocycles. The Morgan fingerprint density at radius 1 is 1.23 bits per heavy atom. The molecule has 0 radical (unpaired) electrons. The molecule has 0 atom stereocenters. The summed E-state index contributed by atoms with van der Waals surface area (Å²) in [6.45, 7) is 8.45. The summed E-state index contributed by atoms with van der Waals surface area (Å²) in [5.41, 5.74) is 4.98. The van der Waals surface area contributed by atoms with Crippen LogP contribution in [-0.2, 0) is 13.0 Å². The van der Waals surface area contributed by atoms with Gasteiger partial charge >= 0.3 is 0 Å². The standard InChI is InChI=1S/C18H19ClN2O/c1-5-21-14(6-7-20)10-15(19)17(21)18(22)16-12(3)8-11(2)9-13(16)4/h8-10H,5-6H2,1-4H3. The molecule has 114 valence electrons. The Labute approximate surface area is 136 Å². The van der Waals surface area contributed by atoms with E-state index in [4.69, 9.17) is 16.9 Å². The summed E-state index contributed by atoms with van der Waals surface area (Å²) >= 11 is 6.29. The lowest BCUT2D eigenvalue weighted by Crippen LogP contribution is -2.14. The van der Waals surface area contributed by atoms with Gasteiger partial charge in [0.25, 0.3) is 0 Å². The maximum atomic E-state index is 13.0. The highest BCUT2D eigenvalue weighted by atomic mass is 35.5. The molecule has 2 aromatic rings. The smallest absolute Gasteiger partial charge is 0.211 e. The third kappa shape index (κ3) is 2.80. The summed E-state index contributed by atoms with van der Waals surface area (Å²) in [6, 6.07) is 7.85. The molecule has 0 N–H and O–H groups in total. The maximum absolute atomic E-state index is 13.0. The van der Waals surface area contributed by atoms with Crippen molar-refractivity contribution in [3.63, 3.8) is 0 Å². The van der Waals surface area contributed by atoms with Crippen LogP contribution in [0.1, 0.15) is 45.4 Å². The van der Waals surface area contributed by atoms with Crippen molar-refractivity contribution in [2.24, 2.45) is 0 Å². The van der Waals surface area contributed by atoms with Gasteiger partial charge in [0.05, 0.1) is 17.5 Å². The predicted octanol–water partition coefficient (Wildman–Crippen LogP) is 4.38. The van der Waals surface area contributed by atoms with Crippen molar-refractivity contribution in [1.29, 1.82) is 5.26 Å². The number of nitrogens with zero attached hydrogens (tertiary/aromatic N) is 2. The van der Waals surface area contributed by atoms with E-state index in [1.165, 1.54) is 0 Å². The minimum absolute atomic E-state index is 0.0777.